The molecule has 6 heteroatoms. The standard InChI is InChI=1S/C15H27N3O2S/c1-4-7-16-10-13-9-14(11-17-13)21(19,20)18-8-5-6-15(18)12(2)3/h9,11-12,15-17H,4-8,10H2,1-3H3. The Bertz CT molecular complexity index is 551. The second-order valence-corrected chi connectivity index (χ2v) is 8.00. The Morgan fingerprint density at radius 3 is 2.90 bits per heavy atom. The second kappa shape index (κ2) is 6.94. The summed E-state index contributed by atoms with van der Waals surface area (Å²) in [7, 11) is -3.37. The van der Waals surface area contributed by atoms with Gasteiger partial charge in [0.1, 0.15) is 0 Å². The fraction of sp³-hybridized carbons (Fsp3) is 0.733. The molecular formula is C15H27N3O2S. The molecule has 0 aromatic carbocycles. The maximum Gasteiger partial charge on any atom is 0.244 e. The van der Waals surface area contributed by atoms with Crippen molar-refractivity contribution in [1.29, 1.82) is 0 Å². The third-order valence-corrected chi connectivity index (χ3v) is 5.99. The first kappa shape index (κ1) is 16.5. The molecule has 120 valence electrons. The van der Waals surface area contributed by atoms with E-state index in [1.165, 1.54) is 0 Å². The molecule has 0 radical (unpaired) electrons. The zero-order valence-corrected chi connectivity index (χ0v) is 14.0. The number of aromatic nitrogens is 1. The molecule has 1 saturated heterocycles. The number of nitrogens with one attached hydrogen (secondary N) is 2. The van der Waals surface area contributed by atoms with Crippen LogP contribution in [0.4, 0.5) is 0 Å². The summed E-state index contributed by atoms with van der Waals surface area (Å²) in [5, 5.41) is 3.27. The Morgan fingerprint density at radius 2 is 2.24 bits per heavy atom. The monoisotopic (exact) mass is 313 g/mol. The van der Waals surface area contributed by atoms with Gasteiger partial charge in [0.15, 0.2) is 0 Å². The largest absolute Gasteiger partial charge is 0.363 e. The van der Waals surface area contributed by atoms with Crippen LogP contribution in [0.3, 0.4) is 0 Å². The third-order valence-electron chi connectivity index (χ3n) is 4.08. The first-order valence-corrected chi connectivity index (χ1v) is 9.30. The van der Waals surface area contributed by atoms with Crippen molar-refractivity contribution in [2.24, 2.45) is 5.92 Å². The summed E-state index contributed by atoms with van der Waals surface area (Å²) in [4.78, 5) is 3.46. The number of aromatic amines is 1. The van der Waals surface area contributed by atoms with Gasteiger partial charge in [-0.15, -0.1) is 0 Å². The number of rotatable bonds is 7. The van der Waals surface area contributed by atoms with Crippen molar-refractivity contribution in [3.8, 4) is 0 Å². The smallest absolute Gasteiger partial charge is 0.244 e. The molecule has 0 bridgehead atoms. The van der Waals surface area contributed by atoms with Crippen molar-refractivity contribution < 1.29 is 8.42 Å². The molecule has 0 spiro atoms. The van der Waals surface area contributed by atoms with Crippen molar-refractivity contribution in [3.05, 3.63) is 18.0 Å². The van der Waals surface area contributed by atoms with Gasteiger partial charge < -0.3 is 10.3 Å². The summed E-state index contributed by atoms with van der Waals surface area (Å²) in [6, 6.07) is 1.89. The number of H-pyrrole nitrogens is 1. The quantitative estimate of drug-likeness (QED) is 0.759. The molecule has 1 aliphatic heterocycles. The molecule has 21 heavy (non-hydrogen) atoms. The average Bonchev–Trinajstić information content (AvgIpc) is 3.08. The highest BCUT2D eigenvalue weighted by atomic mass is 32.2. The van der Waals surface area contributed by atoms with Gasteiger partial charge in [-0.25, -0.2) is 8.42 Å². The number of sulfonamides is 1. The highest BCUT2D eigenvalue weighted by Gasteiger charge is 2.37. The maximum atomic E-state index is 12.8. The van der Waals surface area contributed by atoms with E-state index >= 15 is 0 Å². The number of nitrogens with zero attached hydrogens (tertiary/aromatic N) is 1. The van der Waals surface area contributed by atoms with Crippen LogP contribution >= 0.6 is 0 Å². The predicted molar refractivity (Wildman–Crippen MR) is 84.5 cm³/mol. The van der Waals surface area contributed by atoms with Crippen LogP contribution in [0.15, 0.2) is 17.2 Å². The van der Waals surface area contributed by atoms with Crippen molar-refractivity contribution in [1.82, 2.24) is 14.6 Å². The van der Waals surface area contributed by atoms with E-state index in [4.69, 9.17) is 0 Å². The molecule has 0 amide bonds. The zero-order valence-electron chi connectivity index (χ0n) is 13.2. The van der Waals surface area contributed by atoms with Gasteiger partial charge >= 0.3 is 0 Å². The van der Waals surface area contributed by atoms with Crippen LogP contribution in [0.2, 0.25) is 0 Å². The Morgan fingerprint density at radius 1 is 1.48 bits per heavy atom. The Hall–Kier alpha value is -0.850. The normalized spacial score (nSPS) is 20.5. The fourth-order valence-electron chi connectivity index (χ4n) is 2.94. The summed E-state index contributed by atoms with van der Waals surface area (Å²) in [6.45, 7) is 8.54. The van der Waals surface area contributed by atoms with E-state index in [2.05, 4.69) is 31.1 Å². The van der Waals surface area contributed by atoms with E-state index in [9.17, 15) is 8.42 Å². The molecule has 1 fully saturated rings. The topological polar surface area (TPSA) is 65.2 Å². The van der Waals surface area contributed by atoms with E-state index < -0.39 is 10.0 Å². The number of hydrogen-bond acceptors (Lipinski definition) is 3. The highest BCUT2D eigenvalue weighted by Crippen LogP contribution is 2.30. The van der Waals surface area contributed by atoms with Gasteiger partial charge in [-0.05, 0) is 37.8 Å². The minimum absolute atomic E-state index is 0.131. The SMILES string of the molecule is CCCNCc1cc(S(=O)(=O)N2CCCC2C(C)C)c[nH]1. The number of hydrogen-bond donors (Lipinski definition) is 2. The van der Waals surface area contributed by atoms with E-state index in [0.29, 0.717) is 23.9 Å². The van der Waals surface area contributed by atoms with Crippen molar-refractivity contribution in [2.45, 2.75) is 57.5 Å². The van der Waals surface area contributed by atoms with Gasteiger partial charge in [-0.3, -0.25) is 0 Å². The van der Waals surface area contributed by atoms with Gasteiger partial charge in [-0.2, -0.15) is 4.31 Å². The predicted octanol–water partition coefficient (Wildman–Crippen LogP) is 2.32. The molecule has 0 aliphatic carbocycles. The van der Waals surface area contributed by atoms with Crippen LogP contribution in [0.1, 0.15) is 45.7 Å². The molecule has 1 unspecified atom stereocenters. The summed E-state index contributed by atoms with van der Waals surface area (Å²) >= 11 is 0. The lowest BCUT2D eigenvalue weighted by atomic mass is 10.0. The summed E-state index contributed by atoms with van der Waals surface area (Å²) in [5.41, 5.74) is 0.919. The summed E-state index contributed by atoms with van der Waals surface area (Å²) < 4.78 is 27.2. The lowest BCUT2D eigenvalue weighted by molar-refractivity contribution is 0.316. The zero-order chi connectivity index (χ0) is 15.5. The second-order valence-electron chi connectivity index (χ2n) is 6.11. The molecular weight excluding hydrogens is 286 g/mol. The maximum absolute atomic E-state index is 12.8. The van der Waals surface area contributed by atoms with Crippen LogP contribution in [0.5, 0.6) is 0 Å². The van der Waals surface area contributed by atoms with Gasteiger partial charge in [0, 0.05) is 31.0 Å². The van der Waals surface area contributed by atoms with Gasteiger partial charge in [0.2, 0.25) is 10.0 Å². The lowest BCUT2D eigenvalue weighted by Crippen LogP contribution is -2.38. The van der Waals surface area contributed by atoms with Crippen LogP contribution < -0.4 is 5.32 Å². The van der Waals surface area contributed by atoms with Crippen molar-refractivity contribution >= 4 is 10.0 Å². The molecule has 2 heterocycles. The van der Waals surface area contributed by atoms with Crippen molar-refractivity contribution in [3.63, 3.8) is 0 Å². The Kier molecular flexibility index (Phi) is 5.46. The summed E-state index contributed by atoms with van der Waals surface area (Å²) in [6.07, 6.45) is 4.60. The molecule has 1 aromatic heterocycles. The first-order valence-electron chi connectivity index (χ1n) is 7.86. The van der Waals surface area contributed by atoms with Gasteiger partial charge in [0.05, 0.1) is 4.90 Å². The van der Waals surface area contributed by atoms with E-state index in [1.807, 2.05) is 0 Å². The van der Waals surface area contributed by atoms with Crippen LogP contribution in [0.25, 0.3) is 0 Å². The Labute approximate surface area is 128 Å². The molecule has 1 aliphatic rings. The highest BCUT2D eigenvalue weighted by molar-refractivity contribution is 7.89. The van der Waals surface area contributed by atoms with E-state index in [1.54, 1.807) is 16.6 Å². The van der Waals surface area contributed by atoms with Gasteiger partial charge in [0.25, 0.3) is 0 Å². The molecule has 1 atom stereocenters. The molecule has 5 nitrogen and oxygen atoms in total. The van der Waals surface area contributed by atoms with Crippen LogP contribution in [-0.4, -0.2) is 36.8 Å². The minimum Gasteiger partial charge on any atom is -0.363 e. The summed E-state index contributed by atoms with van der Waals surface area (Å²) in [5.74, 6) is 0.354. The van der Waals surface area contributed by atoms with Crippen LogP contribution in [-0.2, 0) is 16.6 Å². The average molecular weight is 313 g/mol. The van der Waals surface area contributed by atoms with E-state index in [-0.39, 0.29) is 6.04 Å². The first-order chi connectivity index (χ1) is 9.96. The molecule has 2 rings (SSSR count). The van der Waals surface area contributed by atoms with Gasteiger partial charge in [-0.1, -0.05) is 20.8 Å². The molecule has 1 aromatic rings. The lowest BCUT2D eigenvalue weighted by Gasteiger charge is -2.26. The fourth-order valence-corrected chi connectivity index (χ4v) is 4.78. The molecule has 2 N–H and O–H groups in total. The van der Waals surface area contributed by atoms with Crippen molar-refractivity contribution in [2.75, 3.05) is 13.1 Å². The molecule has 0 saturated carbocycles. The Balaban J connectivity index is 2.12. The third kappa shape index (κ3) is 3.67. The van der Waals surface area contributed by atoms with Crippen LogP contribution in [0, 0.1) is 5.92 Å². The van der Waals surface area contributed by atoms with E-state index in [0.717, 1.165) is 31.5 Å². The minimum atomic E-state index is -3.37.